The van der Waals surface area contributed by atoms with E-state index in [2.05, 4.69) is 15.3 Å². The van der Waals surface area contributed by atoms with Crippen molar-refractivity contribution in [1.29, 1.82) is 0 Å². The summed E-state index contributed by atoms with van der Waals surface area (Å²) in [5.74, 6) is 0.917. The van der Waals surface area contributed by atoms with Crippen LogP contribution in [0.4, 0.5) is 0 Å². The summed E-state index contributed by atoms with van der Waals surface area (Å²) in [7, 11) is 0. The second-order valence-corrected chi connectivity index (χ2v) is 4.94. The largest absolute Gasteiger partial charge is 0.375 e. The molecule has 1 heterocycles. The summed E-state index contributed by atoms with van der Waals surface area (Å²) in [6, 6.07) is 0. The second kappa shape index (κ2) is 8.02. The fourth-order valence-corrected chi connectivity index (χ4v) is 2.26. The van der Waals surface area contributed by atoms with E-state index < -0.39 is 4.92 Å². The molecule has 8 heteroatoms. The number of nitro groups is 1. The van der Waals surface area contributed by atoms with Crippen LogP contribution in [0, 0.1) is 10.1 Å². The number of hydrogen-bond acceptors (Lipinski definition) is 6. The fraction of sp³-hybridized carbons (Fsp3) is 0.444. The topological polar surface area (TPSA) is 83.8 Å². The van der Waals surface area contributed by atoms with E-state index >= 15 is 0 Å². The third kappa shape index (κ3) is 6.22. The number of thioether (sulfide) groups is 2. The van der Waals surface area contributed by atoms with E-state index in [4.69, 9.17) is 0 Å². The highest BCUT2D eigenvalue weighted by Crippen LogP contribution is 2.13. The molecule has 0 atom stereocenters. The zero-order valence-electron chi connectivity index (χ0n) is 9.38. The monoisotopic (exact) mass is 274 g/mol. The van der Waals surface area contributed by atoms with Crippen LogP contribution in [0.15, 0.2) is 28.8 Å². The number of rotatable bonds is 8. The van der Waals surface area contributed by atoms with Crippen molar-refractivity contribution in [2.24, 2.45) is 0 Å². The number of H-pyrrole nitrogens is 1. The van der Waals surface area contributed by atoms with E-state index in [1.54, 1.807) is 30.4 Å². The molecule has 0 saturated heterocycles. The minimum absolute atomic E-state index is 0.448. The van der Waals surface area contributed by atoms with Crippen molar-refractivity contribution in [1.82, 2.24) is 15.3 Å². The standard InChI is InChI=1S/C9H14N4O2S2/c1-16-8(7-13(14)15)10-3-2-6-17-9-11-4-5-12-9/h4-5,7,10H,2-3,6H2,1H3,(H,11,12). The fourth-order valence-electron chi connectivity index (χ4n) is 1.05. The van der Waals surface area contributed by atoms with Crippen LogP contribution in [-0.4, -0.2) is 33.4 Å². The molecule has 1 aromatic rings. The molecule has 1 rings (SSSR count). The van der Waals surface area contributed by atoms with Crippen molar-refractivity contribution < 1.29 is 4.92 Å². The summed E-state index contributed by atoms with van der Waals surface area (Å²) in [5.41, 5.74) is 0. The molecular formula is C9H14N4O2S2. The van der Waals surface area contributed by atoms with Gasteiger partial charge in [0.25, 0.3) is 6.20 Å². The first-order valence-electron chi connectivity index (χ1n) is 4.97. The Bertz CT molecular complexity index is 367. The Morgan fingerprint density at radius 2 is 2.59 bits per heavy atom. The molecule has 94 valence electrons. The lowest BCUT2D eigenvalue weighted by atomic mass is 10.5. The van der Waals surface area contributed by atoms with Gasteiger partial charge in [-0.2, -0.15) is 0 Å². The third-order valence-corrected chi connectivity index (χ3v) is 3.45. The highest BCUT2D eigenvalue weighted by Gasteiger charge is 2.00. The summed E-state index contributed by atoms with van der Waals surface area (Å²) in [6.45, 7) is 0.716. The van der Waals surface area contributed by atoms with Crippen molar-refractivity contribution >= 4 is 23.5 Å². The van der Waals surface area contributed by atoms with Crippen LogP contribution in [0.25, 0.3) is 0 Å². The maximum absolute atomic E-state index is 10.3. The van der Waals surface area contributed by atoms with Crippen LogP contribution < -0.4 is 5.32 Å². The van der Waals surface area contributed by atoms with Crippen LogP contribution in [0.3, 0.4) is 0 Å². The van der Waals surface area contributed by atoms with Gasteiger partial charge in [0.2, 0.25) is 0 Å². The van der Waals surface area contributed by atoms with Gasteiger partial charge in [0.05, 0.1) is 4.92 Å². The van der Waals surface area contributed by atoms with Gasteiger partial charge in [0, 0.05) is 24.7 Å². The summed E-state index contributed by atoms with van der Waals surface area (Å²) in [6.07, 6.45) is 7.21. The van der Waals surface area contributed by atoms with Crippen LogP contribution in [0.5, 0.6) is 0 Å². The summed E-state index contributed by atoms with van der Waals surface area (Å²) < 4.78 is 0. The Balaban J connectivity index is 2.13. The Labute approximate surface area is 108 Å². The number of hydrogen-bond donors (Lipinski definition) is 2. The van der Waals surface area contributed by atoms with Gasteiger partial charge < -0.3 is 10.3 Å². The molecule has 0 bridgehead atoms. The lowest BCUT2D eigenvalue weighted by Gasteiger charge is -2.04. The van der Waals surface area contributed by atoms with Gasteiger partial charge in [0.1, 0.15) is 5.03 Å². The number of aromatic amines is 1. The molecule has 0 fully saturated rings. The van der Waals surface area contributed by atoms with Crippen LogP contribution in [0.1, 0.15) is 6.42 Å². The molecule has 0 saturated carbocycles. The van der Waals surface area contributed by atoms with E-state index in [1.165, 1.54) is 11.8 Å². The lowest BCUT2D eigenvalue weighted by molar-refractivity contribution is -0.403. The van der Waals surface area contributed by atoms with Gasteiger partial charge in [-0.1, -0.05) is 11.8 Å². The van der Waals surface area contributed by atoms with Crippen LogP contribution in [-0.2, 0) is 0 Å². The van der Waals surface area contributed by atoms with Gasteiger partial charge in [-0.05, 0) is 12.7 Å². The third-order valence-electron chi connectivity index (χ3n) is 1.77. The quantitative estimate of drug-likeness (QED) is 0.326. The highest BCUT2D eigenvalue weighted by molar-refractivity contribution is 8.02. The Kier molecular flexibility index (Phi) is 6.56. The molecule has 0 amide bonds. The SMILES string of the molecule is CSC(=C[N+](=O)[O-])NCCCSc1ncc[nH]1. The smallest absolute Gasteiger partial charge is 0.263 e. The first-order valence-corrected chi connectivity index (χ1v) is 7.18. The second-order valence-electron chi connectivity index (χ2n) is 3.01. The number of imidazole rings is 1. The van der Waals surface area contributed by atoms with E-state index in [1.807, 2.05) is 0 Å². The van der Waals surface area contributed by atoms with Gasteiger partial charge in [0.15, 0.2) is 5.16 Å². The first-order chi connectivity index (χ1) is 8.22. The predicted molar refractivity (Wildman–Crippen MR) is 70.5 cm³/mol. The lowest BCUT2D eigenvalue weighted by Crippen LogP contribution is -2.14. The maximum Gasteiger partial charge on any atom is 0.263 e. The van der Waals surface area contributed by atoms with Gasteiger partial charge in [-0.3, -0.25) is 10.1 Å². The molecule has 0 aliphatic carbocycles. The molecule has 0 radical (unpaired) electrons. The molecule has 0 aromatic carbocycles. The molecule has 0 unspecified atom stereocenters. The van der Waals surface area contributed by atoms with Crippen LogP contribution >= 0.6 is 23.5 Å². The Morgan fingerprint density at radius 1 is 1.76 bits per heavy atom. The predicted octanol–water partition coefficient (Wildman–Crippen LogP) is 1.92. The molecule has 0 aliphatic rings. The van der Waals surface area contributed by atoms with Crippen molar-refractivity contribution in [3.63, 3.8) is 0 Å². The summed E-state index contributed by atoms with van der Waals surface area (Å²) >= 11 is 2.97. The normalized spacial score (nSPS) is 11.5. The Morgan fingerprint density at radius 3 is 3.18 bits per heavy atom. The molecular weight excluding hydrogens is 260 g/mol. The average molecular weight is 274 g/mol. The minimum atomic E-state index is -0.448. The van der Waals surface area contributed by atoms with E-state index in [0.29, 0.717) is 11.6 Å². The zero-order chi connectivity index (χ0) is 12.5. The van der Waals surface area contributed by atoms with Crippen LogP contribution in [0.2, 0.25) is 0 Å². The van der Waals surface area contributed by atoms with Gasteiger partial charge in [-0.25, -0.2) is 4.98 Å². The number of nitrogens with zero attached hydrogens (tertiary/aromatic N) is 2. The molecule has 6 nitrogen and oxygen atoms in total. The zero-order valence-corrected chi connectivity index (χ0v) is 11.0. The van der Waals surface area contributed by atoms with Crippen molar-refractivity contribution in [2.45, 2.75) is 11.6 Å². The molecule has 2 N–H and O–H groups in total. The molecule has 1 aromatic heterocycles. The average Bonchev–Trinajstić information content (AvgIpc) is 2.79. The van der Waals surface area contributed by atoms with Crippen molar-refractivity contribution in [3.05, 3.63) is 33.7 Å². The molecule has 0 aliphatic heterocycles. The number of aromatic nitrogens is 2. The van der Waals surface area contributed by atoms with Gasteiger partial charge in [-0.15, -0.1) is 11.8 Å². The van der Waals surface area contributed by atoms with E-state index in [0.717, 1.165) is 23.5 Å². The maximum atomic E-state index is 10.3. The first kappa shape index (κ1) is 13.9. The number of nitrogens with one attached hydrogen (secondary N) is 2. The molecule has 0 spiro atoms. The minimum Gasteiger partial charge on any atom is -0.375 e. The summed E-state index contributed by atoms with van der Waals surface area (Å²) in [5, 5.41) is 14.8. The van der Waals surface area contributed by atoms with Crippen molar-refractivity contribution in [3.8, 4) is 0 Å². The molecule has 17 heavy (non-hydrogen) atoms. The Hall–Kier alpha value is -1.15. The van der Waals surface area contributed by atoms with E-state index in [9.17, 15) is 10.1 Å². The van der Waals surface area contributed by atoms with Crippen molar-refractivity contribution in [2.75, 3.05) is 18.6 Å². The highest BCUT2D eigenvalue weighted by atomic mass is 32.2. The van der Waals surface area contributed by atoms with E-state index in [-0.39, 0.29) is 0 Å². The van der Waals surface area contributed by atoms with Gasteiger partial charge >= 0.3 is 0 Å². The summed E-state index contributed by atoms with van der Waals surface area (Å²) in [4.78, 5) is 16.9.